The highest BCUT2D eigenvalue weighted by Gasteiger charge is 2.17. The van der Waals surface area contributed by atoms with Gasteiger partial charge in [0.1, 0.15) is 6.04 Å². The van der Waals surface area contributed by atoms with Crippen LogP contribution in [0.3, 0.4) is 0 Å². The lowest BCUT2D eigenvalue weighted by Crippen LogP contribution is -2.43. The minimum absolute atomic E-state index is 0.292. The van der Waals surface area contributed by atoms with E-state index in [1.165, 1.54) is 64.2 Å². The smallest absolute Gasteiger partial charge is 0.466 e. The van der Waals surface area contributed by atoms with Gasteiger partial charge in [-0.1, -0.05) is 84.0 Å². The highest BCUT2D eigenvalue weighted by molar-refractivity contribution is 7.45. The Kier molecular flexibility index (Phi) is 21.1. The minimum atomic E-state index is -4.64. The fourth-order valence-corrected chi connectivity index (χ4v) is 2.76. The molecule has 0 aromatic rings. The van der Waals surface area contributed by atoms with Gasteiger partial charge in [-0.3, -0.25) is 4.79 Å². The van der Waals surface area contributed by atoms with E-state index >= 15 is 0 Å². The maximum Gasteiger partial charge on any atom is 0.466 e. The predicted octanol–water partition coefficient (Wildman–Crippen LogP) is 3.10. The van der Waals surface area contributed by atoms with Gasteiger partial charge in [0.25, 0.3) is 0 Å². The molecular formula is C19H40NO8P. The summed E-state index contributed by atoms with van der Waals surface area (Å²) in [5.41, 5.74) is 0. The molecule has 0 saturated heterocycles. The molecule has 0 radical (unpaired) electrons. The number of carbonyl (C=O) groups is 2. The number of hydrogen-bond donors (Lipinski definition) is 6. The SMILES string of the molecule is CCCCCCCCCCCCCCCC(=O)N[C@@H](CO)C(=O)O.O=P(O)(O)O. The topological polar surface area (TPSA) is 164 Å². The van der Waals surface area contributed by atoms with Crippen molar-refractivity contribution in [2.24, 2.45) is 0 Å². The first-order chi connectivity index (χ1) is 13.6. The molecule has 0 aliphatic rings. The molecule has 0 bridgehead atoms. The van der Waals surface area contributed by atoms with Crippen molar-refractivity contribution in [3.63, 3.8) is 0 Å². The summed E-state index contributed by atoms with van der Waals surface area (Å²) in [5, 5.41) is 19.9. The van der Waals surface area contributed by atoms with Gasteiger partial charge in [-0.2, -0.15) is 0 Å². The Morgan fingerprint density at radius 3 is 1.45 bits per heavy atom. The standard InChI is InChI=1S/C19H37NO4.H3O4P/c1-2-3-4-5-6-7-8-9-10-11-12-13-14-15-18(22)20-17(16-21)19(23)24;1-5(2,3)4/h17,21H,2-16H2,1H3,(H,20,22)(H,23,24);(H3,1,2,3,4)/t17-;/m0./s1. The summed E-state index contributed by atoms with van der Waals surface area (Å²) in [5.74, 6) is -1.49. The molecule has 0 aliphatic heterocycles. The normalized spacial score (nSPS) is 12.0. The van der Waals surface area contributed by atoms with Crippen LogP contribution in [0.2, 0.25) is 0 Å². The molecule has 0 saturated carbocycles. The molecule has 0 rings (SSSR count). The molecule has 29 heavy (non-hydrogen) atoms. The van der Waals surface area contributed by atoms with Crippen LogP contribution in [-0.4, -0.2) is 49.4 Å². The zero-order valence-electron chi connectivity index (χ0n) is 17.6. The van der Waals surface area contributed by atoms with Crippen molar-refractivity contribution in [3.05, 3.63) is 0 Å². The maximum absolute atomic E-state index is 11.5. The molecule has 0 aromatic carbocycles. The first-order valence-electron chi connectivity index (χ1n) is 10.5. The molecule has 0 heterocycles. The van der Waals surface area contributed by atoms with E-state index in [2.05, 4.69) is 12.2 Å². The fourth-order valence-electron chi connectivity index (χ4n) is 2.76. The maximum atomic E-state index is 11.5. The second-order valence-electron chi connectivity index (χ2n) is 7.15. The van der Waals surface area contributed by atoms with Crippen LogP contribution in [0.4, 0.5) is 0 Å². The van der Waals surface area contributed by atoms with Crippen molar-refractivity contribution in [3.8, 4) is 0 Å². The van der Waals surface area contributed by atoms with Crippen LogP contribution in [0.1, 0.15) is 96.8 Å². The van der Waals surface area contributed by atoms with Gasteiger partial charge >= 0.3 is 13.8 Å². The van der Waals surface area contributed by atoms with Gasteiger partial charge in [0.15, 0.2) is 0 Å². The Hall–Kier alpha value is -0.990. The van der Waals surface area contributed by atoms with Crippen molar-refractivity contribution in [2.75, 3.05) is 6.61 Å². The first-order valence-corrected chi connectivity index (χ1v) is 12.1. The number of carbonyl (C=O) groups excluding carboxylic acids is 1. The van der Waals surface area contributed by atoms with E-state index in [0.717, 1.165) is 19.3 Å². The van der Waals surface area contributed by atoms with E-state index in [0.29, 0.717) is 6.42 Å². The van der Waals surface area contributed by atoms with Gasteiger partial charge in [0.05, 0.1) is 6.61 Å². The number of aliphatic hydroxyl groups is 1. The third-order valence-corrected chi connectivity index (χ3v) is 4.32. The highest BCUT2D eigenvalue weighted by Crippen LogP contribution is 2.25. The molecule has 1 atom stereocenters. The summed E-state index contributed by atoms with van der Waals surface area (Å²) in [4.78, 5) is 43.8. The Balaban J connectivity index is 0. The summed E-state index contributed by atoms with van der Waals surface area (Å²) in [6.45, 7) is 1.67. The quantitative estimate of drug-likeness (QED) is 0.148. The third-order valence-electron chi connectivity index (χ3n) is 4.32. The number of phosphoric acid groups is 1. The number of carboxylic acids is 1. The summed E-state index contributed by atoms with van der Waals surface area (Å²) >= 11 is 0. The summed E-state index contributed by atoms with van der Waals surface area (Å²) in [7, 11) is -4.64. The number of rotatable bonds is 17. The van der Waals surface area contributed by atoms with Crippen molar-refractivity contribution in [2.45, 2.75) is 103 Å². The van der Waals surface area contributed by atoms with E-state index in [9.17, 15) is 9.59 Å². The van der Waals surface area contributed by atoms with Gasteiger partial charge < -0.3 is 30.2 Å². The van der Waals surface area contributed by atoms with Crippen LogP contribution in [0, 0.1) is 0 Å². The van der Waals surface area contributed by atoms with Gasteiger partial charge in [-0.25, -0.2) is 9.36 Å². The zero-order chi connectivity index (χ0) is 22.5. The molecule has 1 amide bonds. The third kappa shape index (κ3) is 29.3. The zero-order valence-corrected chi connectivity index (χ0v) is 18.5. The monoisotopic (exact) mass is 441 g/mol. The molecule has 0 fully saturated rings. The van der Waals surface area contributed by atoms with E-state index < -0.39 is 26.4 Å². The van der Waals surface area contributed by atoms with Crippen LogP contribution < -0.4 is 5.32 Å². The molecule has 0 aliphatic carbocycles. The van der Waals surface area contributed by atoms with E-state index in [4.69, 9.17) is 29.5 Å². The van der Waals surface area contributed by atoms with Crippen LogP contribution in [-0.2, 0) is 14.2 Å². The van der Waals surface area contributed by atoms with Gasteiger partial charge in [-0.15, -0.1) is 0 Å². The van der Waals surface area contributed by atoms with Crippen molar-refractivity contribution < 1.29 is 39.0 Å². The van der Waals surface area contributed by atoms with Gasteiger partial charge in [0, 0.05) is 6.42 Å². The second kappa shape index (κ2) is 20.3. The van der Waals surface area contributed by atoms with Gasteiger partial charge in [-0.05, 0) is 6.42 Å². The second-order valence-corrected chi connectivity index (χ2v) is 8.17. The Morgan fingerprint density at radius 2 is 1.14 bits per heavy atom. The first kappa shape index (κ1) is 30.2. The number of aliphatic hydroxyl groups excluding tert-OH is 1. The minimum Gasteiger partial charge on any atom is -0.480 e. The molecular weight excluding hydrogens is 401 g/mol. The van der Waals surface area contributed by atoms with Crippen LogP contribution in [0.5, 0.6) is 0 Å². The molecule has 0 spiro atoms. The molecule has 9 nitrogen and oxygen atoms in total. The Labute approximate surface area is 174 Å². The van der Waals surface area contributed by atoms with Crippen LogP contribution >= 0.6 is 7.82 Å². The number of carboxylic acid groups (broad SMARTS) is 1. The highest BCUT2D eigenvalue weighted by atomic mass is 31.2. The lowest BCUT2D eigenvalue weighted by atomic mass is 10.0. The number of aliphatic carboxylic acids is 1. The number of amides is 1. The van der Waals surface area contributed by atoms with E-state index in [-0.39, 0.29) is 5.91 Å². The lowest BCUT2D eigenvalue weighted by Gasteiger charge is -2.11. The molecule has 6 N–H and O–H groups in total. The average Bonchev–Trinajstić information content (AvgIpc) is 2.62. The summed E-state index contributed by atoms with van der Waals surface area (Å²) in [6.07, 6.45) is 16.6. The van der Waals surface area contributed by atoms with Crippen LogP contribution in [0.25, 0.3) is 0 Å². The van der Waals surface area contributed by atoms with Crippen molar-refractivity contribution in [1.29, 1.82) is 0 Å². The van der Waals surface area contributed by atoms with Gasteiger partial charge in [0.2, 0.25) is 5.91 Å². The molecule has 10 heteroatoms. The van der Waals surface area contributed by atoms with Crippen molar-refractivity contribution in [1.82, 2.24) is 5.32 Å². The molecule has 174 valence electrons. The Morgan fingerprint density at radius 1 is 0.793 bits per heavy atom. The number of unbranched alkanes of at least 4 members (excludes halogenated alkanes) is 12. The predicted molar refractivity (Wildman–Crippen MR) is 111 cm³/mol. The lowest BCUT2D eigenvalue weighted by molar-refractivity contribution is -0.142. The van der Waals surface area contributed by atoms with Crippen molar-refractivity contribution >= 4 is 19.7 Å². The summed E-state index contributed by atoms with van der Waals surface area (Å²) in [6, 6.07) is -1.18. The van der Waals surface area contributed by atoms with E-state index in [1.807, 2.05) is 0 Å². The fraction of sp³-hybridized carbons (Fsp3) is 0.895. The van der Waals surface area contributed by atoms with Crippen LogP contribution in [0.15, 0.2) is 0 Å². The Bertz CT molecular complexity index is 447. The molecule has 0 unspecified atom stereocenters. The number of hydrogen-bond acceptors (Lipinski definition) is 4. The molecule has 0 aromatic heterocycles. The average molecular weight is 442 g/mol. The largest absolute Gasteiger partial charge is 0.480 e. The van der Waals surface area contributed by atoms with E-state index in [1.54, 1.807) is 0 Å². The number of nitrogens with one attached hydrogen (secondary N) is 1. The summed E-state index contributed by atoms with van der Waals surface area (Å²) < 4.78 is 8.88.